The number of aliphatic hydroxyl groups is 1. The maximum atomic E-state index is 12.0. The molecule has 0 saturated heterocycles. The number of nitrogens with one attached hydrogen (secondary N) is 1. The minimum atomic E-state index is -0.306. The second-order valence-electron chi connectivity index (χ2n) is 4.65. The van der Waals surface area contributed by atoms with E-state index in [0.717, 1.165) is 0 Å². The normalized spacial score (nSPS) is 10.1. The van der Waals surface area contributed by atoms with Crippen LogP contribution in [0.15, 0.2) is 30.7 Å². The summed E-state index contributed by atoms with van der Waals surface area (Å²) in [4.78, 5) is 16.1. The fourth-order valence-corrected chi connectivity index (χ4v) is 1.62. The van der Waals surface area contributed by atoms with Gasteiger partial charge in [-0.25, -0.2) is 4.98 Å². The van der Waals surface area contributed by atoms with Crippen LogP contribution in [0.5, 0.6) is 0 Å². The second kappa shape index (κ2) is 6.68. The molecule has 0 unspecified atom stereocenters. The van der Waals surface area contributed by atoms with Gasteiger partial charge in [-0.3, -0.25) is 9.48 Å². The highest BCUT2D eigenvalue weighted by atomic mass is 16.2. The molecule has 6 heteroatoms. The Bertz CT molecular complexity index is 678. The van der Waals surface area contributed by atoms with E-state index in [9.17, 15) is 4.79 Å². The van der Waals surface area contributed by atoms with E-state index in [4.69, 9.17) is 5.11 Å². The molecule has 2 N–H and O–H groups in total. The van der Waals surface area contributed by atoms with Gasteiger partial charge in [0.25, 0.3) is 5.91 Å². The van der Waals surface area contributed by atoms with Crippen LogP contribution < -0.4 is 5.32 Å². The van der Waals surface area contributed by atoms with Crippen molar-refractivity contribution >= 4 is 11.6 Å². The van der Waals surface area contributed by atoms with Crippen molar-refractivity contribution in [2.24, 2.45) is 0 Å². The quantitative estimate of drug-likeness (QED) is 0.836. The molecule has 0 radical (unpaired) electrons. The SMILES string of the molecule is CC(C)n1cc(NC(=O)c2ccc(C#CCO)cn2)cn1. The molecule has 0 aromatic carbocycles. The van der Waals surface area contributed by atoms with Gasteiger partial charge in [0.15, 0.2) is 0 Å². The average Bonchev–Trinajstić information content (AvgIpc) is 2.94. The highest BCUT2D eigenvalue weighted by Gasteiger charge is 2.09. The van der Waals surface area contributed by atoms with Crippen LogP contribution in [0.2, 0.25) is 0 Å². The van der Waals surface area contributed by atoms with Crippen LogP contribution in [-0.2, 0) is 0 Å². The number of rotatable bonds is 3. The van der Waals surface area contributed by atoms with Crippen molar-refractivity contribution in [2.75, 3.05) is 11.9 Å². The van der Waals surface area contributed by atoms with Gasteiger partial charge in [-0.1, -0.05) is 11.8 Å². The molecule has 0 bridgehead atoms. The topological polar surface area (TPSA) is 80.0 Å². The minimum absolute atomic E-state index is 0.206. The average molecular weight is 284 g/mol. The van der Waals surface area contributed by atoms with Crippen LogP contribution in [0.3, 0.4) is 0 Å². The number of hydrogen-bond acceptors (Lipinski definition) is 4. The second-order valence-corrected chi connectivity index (χ2v) is 4.65. The number of pyridine rings is 1. The minimum Gasteiger partial charge on any atom is -0.384 e. The van der Waals surface area contributed by atoms with Gasteiger partial charge in [0.1, 0.15) is 12.3 Å². The molecule has 2 heterocycles. The Balaban J connectivity index is 2.05. The summed E-state index contributed by atoms with van der Waals surface area (Å²) in [6, 6.07) is 3.50. The Morgan fingerprint density at radius 1 is 1.43 bits per heavy atom. The predicted molar refractivity (Wildman–Crippen MR) is 78.8 cm³/mol. The Morgan fingerprint density at radius 2 is 2.24 bits per heavy atom. The Labute approximate surface area is 122 Å². The van der Waals surface area contributed by atoms with E-state index >= 15 is 0 Å². The predicted octanol–water partition coefficient (Wildman–Crippen LogP) is 1.46. The van der Waals surface area contributed by atoms with Gasteiger partial charge >= 0.3 is 0 Å². The molecule has 2 aromatic heterocycles. The first-order valence-electron chi connectivity index (χ1n) is 6.51. The molecule has 0 spiro atoms. The zero-order chi connectivity index (χ0) is 15.2. The molecule has 0 aliphatic heterocycles. The lowest BCUT2D eigenvalue weighted by Gasteiger charge is -2.04. The molecular formula is C15H16N4O2. The van der Waals surface area contributed by atoms with Gasteiger partial charge in [-0.15, -0.1) is 0 Å². The lowest BCUT2D eigenvalue weighted by atomic mass is 10.2. The molecule has 6 nitrogen and oxygen atoms in total. The zero-order valence-electron chi connectivity index (χ0n) is 11.9. The fourth-order valence-electron chi connectivity index (χ4n) is 1.62. The molecule has 21 heavy (non-hydrogen) atoms. The van der Waals surface area contributed by atoms with E-state index in [0.29, 0.717) is 16.9 Å². The van der Waals surface area contributed by atoms with Crippen LogP contribution in [-0.4, -0.2) is 32.4 Å². The van der Waals surface area contributed by atoms with Crippen LogP contribution in [0.1, 0.15) is 35.9 Å². The van der Waals surface area contributed by atoms with E-state index in [2.05, 4.69) is 27.2 Å². The number of aliphatic hydroxyl groups excluding tert-OH is 1. The third-order valence-electron chi connectivity index (χ3n) is 2.70. The van der Waals surface area contributed by atoms with Crippen LogP contribution >= 0.6 is 0 Å². The number of anilines is 1. The third-order valence-corrected chi connectivity index (χ3v) is 2.70. The summed E-state index contributed by atoms with van der Waals surface area (Å²) in [6.07, 6.45) is 4.86. The van der Waals surface area contributed by atoms with Gasteiger partial charge in [0.2, 0.25) is 0 Å². The van der Waals surface area contributed by atoms with Crippen molar-refractivity contribution in [3.63, 3.8) is 0 Å². The first-order valence-corrected chi connectivity index (χ1v) is 6.51. The smallest absolute Gasteiger partial charge is 0.274 e. The number of carbonyl (C=O) groups is 1. The highest BCUT2D eigenvalue weighted by molar-refractivity contribution is 6.02. The number of hydrogen-bond donors (Lipinski definition) is 2. The number of carbonyl (C=O) groups excluding carboxylic acids is 1. The molecule has 2 aromatic rings. The van der Waals surface area contributed by atoms with Gasteiger partial charge in [0, 0.05) is 24.0 Å². The Morgan fingerprint density at radius 3 is 2.81 bits per heavy atom. The van der Waals surface area contributed by atoms with Crippen molar-refractivity contribution < 1.29 is 9.90 Å². The largest absolute Gasteiger partial charge is 0.384 e. The highest BCUT2D eigenvalue weighted by Crippen LogP contribution is 2.11. The van der Waals surface area contributed by atoms with Crippen LogP contribution in [0.4, 0.5) is 5.69 Å². The zero-order valence-corrected chi connectivity index (χ0v) is 11.9. The van der Waals surface area contributed by atoms with Crippen molar-refractivity contribution in [2.45, 2.75) is 19.9 Å². The number of nitrogens with zero attached hydrogens (tertiary/aromatic N) is 3. The van der Waals surface area contributed by atoms with Gasteiger partial charge in [-0.05, 0) is 26.0 Å². The maximum Gasteiger partial charge on any atom is 0.274 e. The van der Waals surface area contributed by atoms with Crippen molar-refractivity contribution in [1.82, 2.24) is 14.8 Å². The molecular weight excluding hydrogens is 268 g/mol. The van der Waals surface area contributed by atoms with E-state index < -0.39 is 0 Å². The summed E-state index contributed by atoms with van der Waals surface area (Å²) in [6.45, 7) is 3.81. The summed E-state index contributed by atoms with van der Waals surface area (Å²) in [5.74, 6) is 4.93. The monoisotopic (exact) mass is 284 g/mol. The number of aromatic nitrogens is 3. The molecule has 108 valence electrons. The van der Waals surface area contributed by atoms with E-state index in [1.165, 1.54) is 6.20 Å². The van der Waals surface area contributed by atoms with E-state index in [1.807, 2.05) is 13.8 Å². The molecule has 0 aliphatic rings. The van der Waals surface area contributed by atoms with Crippen LogP contribution in [0, 0.1) is 11.8 Å². The molecule has 1 amide bonds. The van der Waals surface area contributed by atoms with E-state index in [-0.39, 0.29) is 18.6 Å². The van der Waals surface area contributed by atoms with Gasteiger partial charge < -0.3 is 10.4 Å². The van der Waals surface area contributed by atoms with Crippen LogP contribution in [0.25, 0.3) is 0 Å². The van der Waals surface area contributed by atoms with Gasteiger partial charge in [-0.2, -0.15) is 5.10 Å². The summed E-state index contributed by atoms with van der Waals surface area (Å²) >= 11 is 0. The maximum absolute atomic E-state index is 12.0. The van der Waals surface area contributed by atoms with E-state index in [1.54, 1.807) is 29.2 Å². The van der Waals surface area contributed by atoms with Gasteiger partial charge in [0.05, 0.1) is 11.9 Å². The fraction of sp³-hybridized carbons (Fsp3) is 0.267. The van der Waals surface area contributed by atoms with Crippen molar-refractivity contribution in [3.8, 4) is 11.8 Å². The van der Waals surface area contributed by atoms with Crippen molar-refractivity contribution in [1.29, 1.82) is 0 Å². The van der Waals surface area contributed by atoms with Crippen molar-refractivity contribution in [3.05, 3.63) is 42.0 Å². The summed E-state index contributed by atoms with van der Waals surface area (Å²) in [7, 11) is 0. The Kier molecular flexibility index (Phi) is 4.69. The lowest BCUT2D eigenvalue weighted by Crippen LogP contribution is -2.13. The lowest BCUT2D eigenvalue weighted by molar-refractivity contribution is 0.102. The first-order chi connectivity index (χ1) is 10.1. The molecule has 0 aliphatic carbocycles. The number of amides is 1. The molecule has 0 atom stereocenters. The first kappa shape index (κ1) is 14.8. The molecule has 2 rings (SSSR count). The Hall–Kier alpha value is -2.65. The summed E-state index contributed by atoms with van der Waals surface area (Å²) in [5, 5.41) is 15.5. The summed E-state index contributed by atoms with van der Waals surface area (Å²) < 4.78 is 1.76. The third kappa shape index (κ3) is 3.91. The molecule has 0 fully saturated rings. The summed E-state index contributed by atoms with van der Waals surface area (Å²) in [5.41, 5.74) is 1.56. The standard InChI is InChI=1S/C15H16N4O2/c1-11(2)19-10-13(9-17-19)18-15(21)14-6-5-12(8-16-14)4-3-7-20/h5-6,8-11,20H,7H2,1-2H3,(H,18,21). The molecule has 0 saturated carbocycles.